The molecule has 0 aliphatic carbocycles. The molecule has 2 fully saturated rings. The lowest BCUT2D eigenvalue weighted by molar-refractivity contribution is -0.138. The molecule has 1 amide bonds. The molecule has 2 unspecified atom stereocenters. The number of Topliss-reactive ketones (excluding diaryl/α,β-unsaturated/α-hetero) is 1. The summed E-state index contributed by atoms with van der Waals surface area (Å²) in [6, 6.07) is 9.75. The van der Waals surface area contributed by atoms with Gasteiger partial charge in [-0.3, -0.25) is 9.78 Å². The van der Waals surface area contributed by atoms with Crippen molar-refractivity contribution in [3.05, 3.63) is 65.5 Å². The predicted molar refractivity (Wildman–Crippen MR) is 106 cm³/mol. The number of aromatic nitrogens is 1. The average Bonchev–Trinajstić information content (AvgIpc) is 2.76. The zero-order valence-corrected chi connectivity index (χ0v) is 16.8. The van der Waals surface area contributed by atoms with Crippen molar-refractivity contribution in [3.63, 3.8) is 0 Å². The average molecular weight is 432 g/mol. The molecular weight excluding hydrogens is 409 g/mol. The molecule has 2 atom stereocenters. The van der Waals surface area contributed by atoms with E-state index in [9.17, 15) is 22.8 Å². The third-order valence-corrected chi connectivity index (χ3v) is 6.15. The maximum Gasteiger partial charge on any atom is 0.417 e. The van der Waals surface area contributed by atoms with E-state index in [-0.39, 0.29) is 18.7 Å². The van der Waals surface area contributed by atoms with Crippen molar-refractivity contribution in [3.8, 4) is 0 Å². The highest BCUT2D eigenvalue weighted by atomic mass is 19.4. The van der Waals surface area contributed by atoms with Gasteiger partial charge in [-0.25, -0.2) is 4.79 Å². The van der Waals surface area contributed by atoms with Crippen LogP contribution in [0.2, 0.25) is 0 Å². The monoisotopic (exact) mass is 432 g/mol. The topological polar surface area (TPSA) is 59.5 Å². The Morgan fingerprint density at radius 3 is 2.39 bits per heavy atom. The zero-order chi connectivity index (χ0) is 22.0. The second kappa shape index (κ2) is 8.69. The quantitative estimate of drug-likeness (QED) is 0.619. The van der Waals surface area contributed by atoms with E-state index in [2.05, 4.69) is 4.98 Å². The number of fused-ring (bicyclic) bond motifs is 2. The van der Waals surface area contributed by atoms with Crippen molar-refractivity contribution in [2.75, 3.05) is 0 Å². The molecule has 0 saturated carbocycles. The summed E-state index contributed by atoms with van der Waals surface area (Å²) in [5.41, 5.74) is -0.470. The minimum Gasteiger partial charge on any atom is -0.445 e. The fourth-order valence-electron chi connectivity index (χ4n) is 4.75. The third kappa shape index (κ3) is 4.57. The number of ketones is 1. The van der Waals surface area contributed by atoms with Crippen LogP contribution >= 0.6 is 0 Å². The van der Waals surface area contributed by atoms with E-state index in [4.69, 9.17) is 4.74 Å². The standard InChI is InChI=1S/C23H23F3N2O3/c24-23(25,26)20-9-10-27-13-19(20)21(29)16-11-17-7-4-8-18(12-16)28(17)22(30)31-14-15-5-2-1-3-6-15/h1-3,5-6,9-10,13,16-18H,4,7-8,11-12,14H2. The van der Waals surface area contributed by atoms with E-state index in [0.717, 1.165) is 30.4 Å². The molecule has 2 aliphatic rings. The number of pyridine rings is 1. The minimum absolute atomic E-state index is 0.155. The van der Waals surface area contributed by atoms with Crippen molar-refractivity contribution < 1.29 is 27.5 Å². The minimum atomic E-state index is -4.62. The van der Waals surface area contributed by atoms with Crippen molar-refractivity contribution in [1.82, 2.24) is 9.88 Å². The van der Waals surface area contributed by atoms with Gasteiger partial charge in [0.15, 0.2) is 5.78 Å². The first-order valence-electron chi connectivity index (χ1n) is 10.4. The second-order valence-corrected chi connectivity index (χ2v) is 8.14. The third-order valence-electron chi connectivity index (χ3n) is 6.15. The van der Waals surface area contributed by atoms with Gasteiger partial charge in [0.1, 0.15) is 6.61 Å². The predicted octanol–water partition coefficient (Wildman–Crippen LogP) is 5.25. The van der Waals surface area contributed by atoms with Crippen LogP contribution in [-0.2, 0) is 17.5 Å². The number of rotatable bonds is 4. The van der Waals surface area contributed by atoms with E-state index in [1.807, 2.05) is 30.3 Å². The molecule has 2 aliphatic heterocycles. The van der Waals surface area contributed by atoms with Gasteiger partial charge >= 0.3 is 12.3 Å². The Labute approximate surface area is 178 Å². The summed E-state index contributed by atoms with van der Waals surface area (Å²) < 4.78 is 45.5. The molecule has 1 aromatic carbocycles. The van der Waals surface area contributed by atoms with Crippen LogP contribution in [-0.4, -0.2) is 33.8 Å². The number of carbonyl (C=O) groups is 2. The molecule has 5 nitrogen and oxygen atoms in total. The number of amides is 1. The molecular formula is C23H23F3N2O3. The number of piperidine rings is 2. The Balaban J connectivity index is 1.47. The van der Waals surface area contributed by atoms with E-state index >= 15 is 0 Å². The van der Waals surface area contributed by atoms with Gasteiger partial charge < -0.3 is 9.64 Å². The second-order valence-electron chi connectivity index (χ2n) is 8.14. The lowest BCUT2D eigenvalue weighted by atomic mass is 9.75. The van der Waals surface area contributed by atoms with Crippen LogP contribution in [0.15, 0.2) is 48.8 Å². The van der Waals surface area contributed by atoms with Gasteiger partial charge in [0, 0.05) is 36.0 Å². The number of hydrogen-bond donors (Lipinski definition) is 0. The fourth-order valence-corrected chi connectivity index (χ4v) is 4.75. The summed E-state index contributed by atoms with van der Waals surface area (Å²) in [6.07, 6.45) is -0.00233. The van der Waals surface area contributed by atoms with Crippen LogP contribution in [0.3, 0.4) is 0 Å². The van der Waals surface area contributed by atoms with Crippen LogP contribution < -0.4 is 0 Å². The lowest BCUT2D eigenvalue weighted by Crippen LogP contribution is -2.55. The zero-order valence-electron chi connectivity index (χ0n) is 16.8. The molecule has 1 aromatic heterocycles. The lowest BCUT2D eigenvalue weighted by Gasteiger charge is -2.47. The summed E-state index contributed by atoms with van der Waals surface area (Å²) in [5, 5.41) is 0. The fraction of sp³-hybridized carbons (Fsp3) is 0.435. The first-order valence-corrected chi connectivity index (χ1v) is 10.4. The SMILES string of the molecule is O=C(c1cnccc1C(F)(F)F)C1CC2CCCC(C1)N2C(=O)OCc1ccccc1. The summed E-state index contributed by atoms with van der Waals surface area (Å²) in [5.74, 6) is -1.12. The van der Waals surface area contributed by atoms with Crippen molar-refractivity contribution >= 4 is 11.9 Å². The van der Waals surface area contributed by atoms with Gasteiger partial charge in [0.25, 0.3) is 0 Å². The Morgan fingerprint density at radius 2 is 1.74 bits per heavy atom. The van der Waals surface area contributed by atoms with Gasteiger partial charge in [-0.1, -0.05) is 30.3 Å². The number of hydrogen-bond acceptors (Lipinski definition) is 4. The van der Waals surface area contributed by atoms with E-state index in [1.54, 1.807) is 4.90 Å². The molecule has 0 spiro atoms. The summed E-state index contributed by atoms with van der Waals surface area (Å²) in [6.45, 7) is 0.155. The smallest absolute Gasteiger partial charge is 0.417 e. The van der Waals surface area contributed by atoms with Gasteiger partial charge in [-0.2, -0.15) is 13.2 Å². The normalized spacial score (nSPS) is 23.3. The number of nitrogens with zero attached hydrogens (tertiary/aromatic N) is 2. The van der Waals surface area contributed by atoms with Crippen LogP contribution in [0.5, 0.6) is 0 Å². The molecule has 164 valence electrons. The molecule has 3 heterocycles. The highest BCUT2D eigenvalue weighted by Crippen LogP contribution is 2.40. The van der Waals surface area contributed by atoms with Crippen LogP contribution in [0.4, 0.5) is 18.0 Å². The number of carbonyl (C=O) groups excluding carboxylic acids is 2. The van der Waals surface area contributed by atoms with Crippen LogP contribution in [0.25, 0.3) is 0 Å². The van der Waals surface area contributed by atoms with Crippen LogP contribution in [0, 0.1) is 5.92 Å². The molecule has 2 bridgehead atoms. The maximum atomic E-state index is 13.3. The number of alkyl halides is 3. The van der Waals surface area contributed by atoms with E-state index < -0.39 is 35.1 Å². The van der Waals surface area contributed by atoms with E-state index in [0.29, 0.717) is 25.7 Å². The molecule has 0 radical (unpaired) electrons. The molecule has 31 heavy (non-hydrogen) atoms. The van der Waals surface area contributed by atoms with Gasteiger partial charge in [0.05, 0.1) is 5.56 Å². The summed E-state index contributed by atoms with van der Waals surface area (Å²) >= 11 is 0. The first-order chi connectivity index (χ1) is 14.8. The van der Waals surface area contributed by atoms with Gasteiger partial charge in [-0.15, -0.1) is 0 Å². The Bertz CT molecular complexity index is 935. The molecule has 4 rings (SSSR count). The largest absolute Gasteiger partial charge is 0.445 e. The summed E-state index contributed by atoms with van der Waals surface area (Å²) in [4.78, 5) is 31.2. The highest BCUT2D eigenvalue weighted by molar-refractivity contribution is 5.99. The van der Waals surface area contributed by atoms with E-state index in [1.165, 1.54) is 0 Å². The number of ether oxygens (including phenoxy) is 1. The Hall–Kier alpha value is -2.90. The summed E-state index contributed by atoms with van der Waals surface area (Å²) in [7, 11) is 0. The molecule has 2 saturated heterocycles. The van der Waals surface area contributed by atoms with Gasteiger partial charge in [-0.05, 0) is 43.7 Å². The Kier molecular flexibility index (Phi) is 5.98. The molecule has 2 aromatic rings. The van der Waals surface area contributed by atoms with Crippen molar-refractivity contribution in [1.29, 1.82) is 0 Å². The van der Waals surface area contributed by atoms with Crippen LogP contribution in [0.1, 0.15) is 53.6 Å². The highest BCUT2D eigenvalue weighted by Gasteiger charge is 2.45. The first kappa shape index (κ1) is 21.3. The van der Waals surface area contributed by atoms with Crippen molar-refractivity contribution in [2.24, 2.45) is 5.92 Å². The van der Waals surface area contributed by atoms with Gasteiger partial charge in [0.2, 0.25) is 0 Å². The Morgan fingerprint density at radius 1 is 1.06 bits per heavy atom. The number of benzene rings is 1. The van der Waals surface area contributed by atoms with Crippen molar-refractivity contribution in [2.45, 2.75) is 57.0 Å². The maximum absolute atomic E-state index is 13.3. The number of halogens is 3. The molecule has 8 heteroatoms. The molecule has 0 N–H and O–H groups in total.